The second kappa shape index (κ2) is 5.13. The Morgan fingerprint density at radius 2 is 2.21 bits per heavy atom. The van der Waals surface area contributed by atoms with E-state index in [0.29, 0.717) is 12.0 Å². The normalized spacial score (nSPS) is 26.8. The summed E-state index contributed by atoms with van der Waals surface area (Å²) in [7, 11) is 0. The van der Waals surface area contributed by atoms with Crippen molar-refractivity contribution in [3.63, 3.8) is 0 Å². The van der Waals surface area contributed by atoms with Gasteiger partial charge in [0.15, 0.2) is 0 Å². The van der Waals surface area contributed by atoms with E-state index >= 15 is 0 Å². The predicted molar refractivity (Wildman–Crippen MR) is 60.3 cm³/mol. The van der Waals surface area contributed by atoms with Gasteiger partial charge in [0.25, 0.3) is 0 Å². The minimum atomic E-state index is -0.00138. The van der Waals surface area contributed by atoms with Gasteiger partial charge in [-0.1, -0.05) is 13.8 Å². The highest BCUT2D eigenvalue weighted by atomic mass is 16.5. The summed E-state index contributed by atoms with van der Waals surface area (Å²) >= 11 is 0. The molecule has 2 nitrogen and oxygen atoms in total. The van der Waals surface area contributed by atoms with Crippen molar-refractivity contribution in [2.45, 2.75) is 64.5 Å². The fourth-order valence-corrected chi connectivity index (χ4v) is 1.87. The lowest BCUT2D eigenvalue weighted by Gasteiger charge is -2.29. The quantitative estimate of drug-likeness (QED) is 0.739. The Bertz CT molecular complexity index is 160. The van der Waals surface area contributed by atoms with E-state index in [1.54, 1.807) is 0 Å². The standard InChI is InChI=1S/C12H25NO/c1-10(2)12(3,13)8-4-6-11-7-5-9-14-11/h10-11H,4-9,13H2,1-3H3. The molecule has 1 aliphatic heterocycles. The molecule has 1 fully saturated rings. The molecule has 2 unspecified atom stereocenters. The monoisotopic (exact) mass is 199 g/mol. The molecule has 0 aromatic heterocycles. The van der Waals surface area contributed by atoms with E-state index in [1.165, 1.54) is 25.7 Å². The van der Waals surface area contributed by atoms with Crippen LogP contribution in [0.25, 0.3) is 0 Å². The molecule has 2 atom stereocenters. The molecule has 1 rings (SSSR count). The Kier molecular flexibility index (Phi) is 4.39. The van der Waals surface area contributed by atoms with Crippen LogP contribution < -0.4 is 5.73 Å². The molecule has 1 aliphatic rings. The van der Waals surface area contributed by atoms with Crippen LogP contribution in [0.5, 0.6) is 0 Å². The van der Waals surface area contributed by atoms with Gasteiger partial charge in [-0.25, -0.2) is 0 Å². The smallest absolute Gasteiger partial charge is 0.0576 e. The molecule has 2 N–H and O–H groups in total. The van der Waals surface area contributed by atoms with Gasteiger partial charge in [0.05, 0.1) is 6.10 Å². The van der Waals surface area contributed by atoms with E-state index in [-0.39, 0.29) is 5.54 Å². The molecule has 0 aromatic rings. The van der Waals surface area contributed by atoms with Crippen molar-refractivity contribution in [3.8, 4) is 0 Å². The predicted octanol–water partition coefficient (Wildman–Crippen LogP) is 2.71. The van der Waals surface area contributed by atoms with Gasteiger partial charge in [-0.05, 0) is 44.9 Å². The molecule has 14 heavy (non-hydrogen) atoms. The molecular formula is C12H25NO. The lowest BCUT2D eigenvalue weighted by molar-refractivity contribution is 0.0993. The van der Waals surface area contributed by atoms with Gasteiger partial charge in [-0.15, -0.1) is 0 Å². The van der Waals surface area contributed by atoms with Crippen molar-refractivity contribution in [2.75, 3.05) is 6.61 Å². The molecule has 0 saturated carbocycles. The second-order valence-electron chi connectivity index (χ2n) is 5.19. The van der Waals surface area contributed by atoms with E-state index in [9.17, 15) is 0 Å². The van der Waals surface area contributed by atoms with Crippen LogP contribution in [0.3, 0.4) is 0 Å². The van der Waals surface area contributed by atoms with E-state index in [4.69, 9.17) is 10.5 Å². The highest BCUT2D eigenvalue weighted by Gasteiger charge is 2.23. The lowest BCUT2D eigenvalue weighted by atomic mass is 9.84. The first kappa shape index (κ1) is 12.0. The molecule has 0 bridgehead atoms. The summed E-state index contributed by atoms with van der Waals surface area (Å²) in [5.74, 6) is 0.562. The molecule has 0 aromatic carbocycles. The maximum absolute atomic E-state index is 6.20. The lowest BCUT2D eigenvalue weighted by Crippen LogP contribution is -2.41. The summed E-state index contributed by atoms with van der Waals surface area (Å²) in [5.41, 5.74) is 6.20. The third-order valence-corrected chi connectivity index (χ3v) is 3.58. The van der Waals surface area contributed by atoms with Gasteiger partial charge < -0.3 is 10.5 Å². The first-order chi connectivity index (χ1) is 6.52. The second-order valence-corrected chi connectivity index (χ2v) is 5.19. The highest BCUT2D eigenvalue weighted by molar-refractivity contribution is 4.82. The van der Waals surface area contributed by atoms with Gasteiger partial charge in [0.2, 0.25) is 0 Å². The topological polar surface area (TPSA) is 35.2 Å². The fourth-order valence-electron chi connectivity index (χ4n) is 1.87. The number of hydrogen-bond donors (Lipinski definition) is 1. The summed E-state index contributed by atoms with van der Waals surface area (Å²) in [6.07, 6.45) is 6.54. The number of hydrogen-bond acceptors (Lipinski definition) is 2. The Balaban J connectivity index is 2.13. The summed E-state index contributed by atoms with van der Waals surface area (Å²) in [6.45, 7) is 7.53. The van der Waals surface area contributed by atoms with Crippen LogP contribution in [0, 0.1) is 5.92 Å². The zero-order valence-electron chi connectivity index (χ0n) is 9.88. The minimum Gasteiger partial charge on any atom is -0.378 e. The SMILES string of the molecule is CC(C)C(C)(N)CCCC1CCCO1. The van der Waals surface area contributed by atoms with Crippen molar-refractivity contribution in [1.82, 2.24) is 0 Å². The minimum absolute atomic E-state index is 0.00138. The van der Waals surface area contributed by atoms with Crippen molar-refractivity contribution in [1.29, 1.82) is 0 Å². The van der Waals surface area contributed by atoms with Crippen LogP contribution in [0.4, 0.5) is 0 Å². The number of nitrogens with two attached hydrogens (primary N) is 1. The van der Waals surface area contributed by atoms with Gasteiger partial charge in [0.1, 0.15) is 0 Å². The van der Waals surface area contributed by atoms with Crippen LogP contribution >= 0.6 is 0 Å². The third-order valence-electron chi connectivity index (χ3n) is 3.58. The largest absolute Gasteiger partial charge is 0.378 e. The molecule has 1 saturated heterocycles. The van der Waals surface area contributed by atoms with Crippen LogP contribution in [0.2, 0.25) is 0 Å². The summed E-state index contributed by atoms with van der Waals surface area (Å²) in [5, 5.41) is 0. The van der Waals surface area contributed by atoms with Crippen molar-refractivity contribution in [2.24, 2.45) is 11.7 Å². The van der Waals surface area contributed by atoms with Crippen molar-refractivity contribution >= 4 is 0 Å². The fraction of sp³-hybridized carbons (Fsp3) is 1.00. The Labute approximate surface area is 88.2 Å². The van der Waals surface area contributed by atoms with Gasteiger partial charge in [0, 0.05) is 12.1 Å². The first-order valence-electron chi connectivity index (χ1n) is 5.93. The molecule has 0 amide bonds. The average molecular weight is 199 g/mol. The zero-order valence-corrected chi connectivity index (χ0v) is 9.88. The molecule has 1 heterocycles. The van der Waals surface area contributed by atoms with E-state index in [0.717, 1.165) is 13.0 Å². The van der Waals surface area contributed by atoms with Gasteiger partial charge in [-0.2, -0.15) is 0 Å². The summed E-state index contributed by atoms with van der Waals surface area (Å²) in [4.78, 5) is 0. The van der Waals surface area contributed by atoms with Crippen LogP contribution in [0.1, 0.15) is 52.9 Å². The molecule has 0 spiro atoms. The maximum Gasteiger partial charge on any atom is 0.0576 e. The number of rotatable bonds is 5. The molecule has 0 radical (unpaired) electrons. The van der Waals surface area contributed by atoms with Gasteiger partial charge in [-0.3, -0.25) is 0 Å². The molecule has 2 heteroatoms. The van der Waals surface area contributed by atoms with E-state index in [2.05, 4.69) is 20.8 Å². The summed E-state index contributed by atoms with van der Waals surface area (Å²) in [6, 6.07) is 0. The molecular weight excluding hydrogens is 174 g/mol. The average Bonchev–Trinajstić information content (AvgIpc) is 2.56. The Morgan fingerprint density at radius 3 is 2.71 bits per heavy atom. The van der Waals surface area contributed by atoms with Gasteiger partial charge >= 0.3 is 0 Å². The van der Waals surface area contributed by atoms with Crippen LogP contribution in [-0.2, 0) is 4.74 Å². The Morgan fingerprint density at radius 1 is 1.50 bits per heavy atom. The molecule has 0 aliphatic carbocycles. The molecule has 84 valence electrons. The maximum atomic E-state index is 6.20. The van der Waals surface area contributed by atoms with Crippen molar-refractivity contribution in [3.05, 3.63) is 0 Å². The van der Waals surface area contributed by atoms with Crippen molar-refractivity contribution < 1.29 is 4.74 Å². The first-order valence-corrected chi connectivity index (χ1v) is 5.93. The number of ether oxygens (including phenoxy) is 1. The highest BCUT2D eigenvalue weighted by Crippen LogP contribution is 2.23. The van der Waals surface area contributed by atoms with E-state index in [1.807, 2.05) is 0 Å². The Hall–Kier alpha value is -0.0800. The van der Waals surface area contributed by atoms with Crippen LogP contribution in [-0.4, -0.2) is 18.2 Å². The van der Waals surface area contributed by atoms with Crippen LogP contribution in [0.15, 0.2) is 0 Å². The zero-order chi connectivity index (χ0) is 10.6. The van der Waals surface area contributed by atoms with E-state index < -0.39 is 0 Å². The summed E-state index contributed by atoms with van der Waals surface area (Å²) < 4.78 is 5.59. The third kappa shape index (κ3) is 3.58.